The van der Waals surface area contributed by atoms with Crippen molar-refractivity contribution in [3.05, 3.63) is 53.6 Å². The Hall–Kier alpha value is -2.74. The molecule has 0 aliphatic rings. The predicted molar refractivity (Wildman–Crippen MR) is 61.3 cm³/mol. The molecule has 2 aromatic rings. The van der Waals surface area contributed by atoms with Crippen molar-refractivity contribution in [2.45, 2.75) is 0 Å². The van der Waals surface area contributed by atoms with Crippen LogP contribution in [0.15, 0.2) is 36.7 Å². The van der Waals surface area contributed by atoms with E-state index in [1.807, 2.05) is 6.07 Å². The molecule has 0 atom stereocenters. The number of rotatable bonds is 2. The lowest BCUT2D eigenvalue weighted by Crippen LogP contribution is -2.01. The molecule has 1 N–H and O–H groups in total. The smallest absolute Gasteiger partial charge is 0.338 e. The van der Waals surface area contributed by atoms with E-state index in [1.165, 1.54) is 36.7 Å². The lowest BCUT2D eigenvalue weighted by atomic mass is 10.0. The Morgan fingerprint density at radius 2 is 2.17 bits per heavy atom. The first kappa shape index (κ1) is 11.7. The van der Waals surface area contributed by atoms with E-state index in [2.05, 4.69) is 4.98 Å². The van der Waals surface area contributed by atoms with E-state index in [1.54, 1.807) is 0 Å². The molecule has 0 amide bonds. The Bertz CT molecular complexity index is 662. The minimum Gasteiger partial charge on any atom is -0.478 e. The van der Waals surface area contributed by atoms with Crippen molar-refractivity contribution in [3.63, 3.8) is 0 Å². The topological polar surface area (TPSA) is 74.0 Å². The number of hydrogen-bond donors (Lipinski definition) is 1. The SMILES string of the molecule is N#Cc1cncc(-c2cccc(C(=O)O)c2F)c1. The third-order valence-electron chi connectivity index (χ3n) is 2.41. The summed E-state index contributed by atoms with van der Waals surface area (Å²) in [6, 6.07) is 7.42. The van der Waals surface area contributed by atoms with E-state index in [0.717, 1.165) is 0 Å². The lowest BCUT2D eigenvalue weighted by molar-refractivity contribution is 0.0692. The molecule has 0 aliphatic carbocycles. The fourth-order valence-corrected chi connectivity index (χ4v) is 1.57. The van der Waals surface area contributed by atoms with Crippen molar-refractivity contribution < 1.29 is 14.3 Å². The minimum atomic E-state index is -1.33. The summed E-state index contributed by atoms with van der Waals surface area (Å²) in [5, 5.41) is 17.6. The van der Waals surface area contributed by atoms with E-state index in [4.69, 9.17) is 10.4 Å². The molecule has 4 nitrogen and oxygen atoms in total. The van der Waals surface area contributed by atoms with Crippen molar-refractivity contribution in [2.75, 3.05) is 0 Å². The first-order valence-electron chi connectivity index (χ1n) is 5.01. The van der Waals surface area contributed by atoms with Gasteiger partial charge in [0.25, 0.3) is 0 Å². The highest BCUT2D eigenvalue weighted by Crippen LogP contribution is 2.25. The maximum absolute atomic E-state index is 14.0. The Labute approximate surface area is 102 Å². The molecule has 1 aromatic carbocycles. The Morgan fingerprint density at radius 1 is 1.39 bits per heavy atom. The Balaban J connectivity index is 2.61. The van der Waals surface area contributed by atoms with Crippen LogP contribution >= 0.6 is 0 Å². The third-order valence-corrected chi connectivity index (χ3v) is 2.41. The molecule has 0 bridgehead atoms. The normalized spacial score (nSPS) is 9.78. The van der Waals surface area contributed by atoms with E-state index >= 15 is 0 Å². The van der Waals surface area contributed by atoms with Gasteiger partial charge in [0.1, 0.15) is 11.9 Å². The fourth-order valence-electron chi connectivity index (χ4n) is 1.57. The molecular formula is C13H7FN2O2. The number of nitrogens with zero attached hydrogens (tertiary/aromatic N) is 2. The summed E-state index contributed by atoms with van der Waals surface area (Å²) in [6.07, 6.45) is 2.73. The zero-order chi connectivity index (χ0) is 13.1. The summed E-state index contributed by atoms with van der Waals surface area (Å²) in [4.78, 5) is 14.6. The number of benzene rings is 1. The molecule has 2 rings (SSSR count). The largest absolute Gasteiger partial charge is 0.478 e. The van der Waals surface area contributed by atoms with Gasteiger partial charge in [-0.05, 0) is 12.1 Å². The average Bonchev–Trinajstić information content (AvgIpc) is 2.38. The van der Waals surface area contributed by atoms with Gasteiger partial charge in [-0.2, -0.15) is 5.26 Å². The van der Waals surface area contributed by atoms with E-state index < -0.39 is 17.3 Å². The zero-order valence-electron chi connectivity index (χ0n) is 9.09. The fraction of sp³-hybridized carbons (Fsp3) is 0. The highest BCUT2D eigenvalue weighted by molar-refractivity contribution is 5.90. The molecule has 88 valence electrons. The van der Waals surface area contributed by atoms with Gasteiger partial charge >= 0.3 is 5.97 Å². The van der Waals surface area contributed by atoms with Gasteiger partial charge in [0, 0.05) is 23.5 Å². The van der Waals surface area contributed by atoms with Crippen LogP contribution < -0.4 is 0 Å². The molecule has 5 heteroatoms. The Kier molecular flexibility index (Phi) is 3.02. The van der Waals surface area contributed by atoms with Gasteiger partial charge in [-0.25, -0.2) is 9.18 Å². The quantitative estimate of drug-likeness (QED) is 0.877. The number of aromatic nitrogens is 1. The van der Waals surface area contributed by atoms with Gasteiger partial charge in [-0.3, -0.25) is 4.98 Å². The highest BCUT2D eigenvalue weighted by Gasteiger charge is 2.15. The van der Waals surface area contributed by atoms with Crippen LogP contribution in [0.2, 0.25) is 0 Å². The van der Waals surface area contributed by atoms with Crippen molar-refractivity contribution >= 4 is 5.97 Å². The first-order chi connectivity index (χ1) is 8.63. The van der Waals surface area contributed by atoms with Gasteiger partial charge in [-0.1, -0.05) is 12.1 Å². The second kappa shape index (κ2) is 4.63. The zero-order valence-corrected chi connectivity index (χ0v) is 9.09. The number of aromatic carboxylic acids is 1. The number of carboxylic acid groups (broad SMARTS) is 1. The minimum absolute atomic E-state index is 0.111. The van der Waals surface area contributed by atoms with Crippen molar-refractivity contribution in [1.29, 1.82) is 5.26 Å². The van der Waals surface area contributed by atoms with Gasteiger partial charge in [0.2, 0.25) is 0 Å². The molecule has 0 fully saturated rings. The monoisotopic (exact) mass is 242 g/mol. The van der Waals surface area contributed by atoms with Gasteiger partial charge in [-0.15, -0.1) is 0 Å². The number of pyridine rings is 1. The standard InChI is InChI=1S/C13H7FN2O2/c14-12-10(2-1-3-11(12)13(17)18)9-4-8(5-15)6-16-7-9/h1-4,6-7H,(H,17,18). The second-order valence-corrected chi connectivity index (χ2v) is 3.55. The van der Waals surface area contributed by atoms with Crippen LogP contribution in [0.4, 0.5) is 4.39 Å². The summed E-state index contributed by atoms with van der Waals surface area (Å²) in [7, 11) is 0. The van der Waals surface area contributed by atoms with E-state index in [9.17, 15) is 9.18 Å². The molecule has 0 spiro atoms. The van der Waals surface area contributed by atoms with Crippen molar-refractivity contribution in [1.82, 2.24) is 4.98 Å². The van der Waals surface area contributed by atoms with Gasteiger partial charge in [0.05, 0.1) is 11.1 Å². The molecule has 1 aromatic heterocycles. The maximum Gasteiger partial charge on any atom is 0.338 e. The van der Waals surface area contributed by atoms with Crippen LogP contribution in [-0.2, 0) is 0 Å². The first-order valence-corrected chi connectivity index (χ1v) is 5.01. The summed E-state index contributed by atoms with van der Waals surface area (Å²) in [5.41, 5.74) is 0.358. The number of carbonyl (C=O) groups is 1. The summed E-state index contributed by atoms with van der Waals surface area (Å²) >= 11 is 0. The third kappa shape index (κ3) is 2.04. The van der Waals surface area contributed by atoms with E-state index in [-0.39, 0.29) is 11.1 Å². The van der Waals surface area contributed by atoms with Crippen LogP contribution in [0.25, 0.3) is 11.1 Å². The Morgan fingerprint density at radius 3 is 2.83 bits per heavy atom. The van der Waals surface area contributed by atoms with Crippen LogP contribution in [0, 0.1) is 17.1 Å². The van der Waals surface area contributed by atoms with Crippen molar-refractivity contribution in [3.8, 4) is 17.2 Å². The van der Waals surface area contributed by atoms with Crippen LogP contribution in [0.1, 0.15) is 15.9 Å². The molecule has 0 saturated heterocycles. The number of halogens is 1. The second-order valence-electron chi connectivity index (χ2n) is 3.55. The summed E-state index contributed by atoms with van der Waals surface area (Å²) in [5.74, 6) is -2.17. The number of nitriles is 1. The molecule has 1 heterocycles. The van der Waals surface area contributed by atoms with Crippen LogP contribution in [0.5, 0.6) is 0 Å². The van der Waals surface area contributed by atoms with Crippen LogP contribution in [-0.4, -0.2) is 16.1 Å². The molecule has 0 radical (unpaired) electrons. The summed E-state index contributed by atoms with van der Waals surface area (Å²) < 4.78 is 14.0. The molecule has 0 unspecified atom stereocenters. The van der Waals surface area contributed by atoms with E-state index in [0.29, 0.717) is 5.56 Å². The number of hydrogen-bond acceptors (Lipinski definition) is 3. The molecule has 0 saturated carbocycles. The summed E-state index contributed by atoms with van der Waals surface area (Å²) in [6.45, 7) is 0. The van der Waals surface area contributed by atoms with Gasteiger partial charge < -0.3 is 5.11 Å². The van der Waals surface area contributed by atoms with Crippen molar-refractivity contribution in [2.24, 2.45) is 0 Å². The molecular weight excluding hydrogens is 235 g/mol. The van der Waals surface area contributed by atoms with Crippen LogP contribution in [0.3, 0.4) is 0 Å². The average molecular weight is 242 g/mol. The number of carboxylic acids is 1. The molecule has 18 heavy (non-hydrogen) atoms. The maximum atomic E-state index is 14.0. The predicted octanol–water partition coefficient (Wildman–Crippen LogP) is 2.46. The van der Waals surface area contributed by atoms with Gasteiger partial charge in [0.15, 0.2) is 0 Å². The highest BCUT2D eigenvalue weighted by atomic mass is 19.1. The lowest BCUT2D eigenvalue weighted by Gasteiger charge is -2.05. The molecule has 0 aliphatic heterocycles.